The number of carbonyl (C=O) groups excluding carboxylic acids is 1. The van der Waals surface area contributed by atoms with Crippen LogP contribution in [0.1, 0.15) is 12.8 Å². The second-order valence-electron chi connectivity index (χ2n) is 2.83. The van der Waals surface area contributed by atoms with Crippen LogP contribution in [0.2, 0.25) is 0 Å². The van der Waals surface area contributed by atoms with Gasteiger partial charge >= 0.3 is 18.1 Å². The summed E-state index contributed by atoms with van der Waals surface area (Å²) in [5.74, 6) is -9.18. The number of rotatable bonds is 5. The molecule has 0 heterocycles. The van der Waals surface area contributed by atoms with Crippen molar-refractivity contribution in [1.29, 1.82) is 0 Å². The van der Waals surface area contributed by atoms with Gasteiger partial charge in [-0.05, 0) is 6.42 Å². The Kier molecular flexibility index (Phi) is 4.63. The highest BCUT2D eigenvalue weighted by Gasteiger charge is 2.63. The monoisotopic (exact) mass is 249 g/mol. The number of carboxylic acids is 1. The Morgan fingerprint density at radius 3 is 2.00 bits per heavy atom. The highest BCUT2D eigenvalue weighted by molar-refractivity contribution is 5.84. The molecule has 0 aliphatic carbocycles. The molecule has 0 fully saturated rings. The van der Waals surface area contributed by atoms with E-state index in [4.69, 9.17) is 5.11 Å². The smallest absolute Gasteiger partial charge is 0.463 e. The van der Waals surface area contributed by atoms with E-state index >= 15 is 0 Å². The van der Waals surface area contributed by atoms with Gasteiger partial charge in [0.25, 0.3) is 5.91 Å². The molecule has 0 aromatic rings. The standard InChI is InChI=1S/C7H8F5NO3/c8-6(9,7(10,11)12)5(16)13-3-1-2-4(14)15/h1-3H2,(H,13,16)(H,14,15). The number of halogens is 5. The number of carboxylic acid groups (broad SMARTS) is 1. The van der Waals surface area contributed by atoms with Gasteiger partial charge < -0.3 is 10.4 Å². The van der Waals surface area contributed by atoms with Crippen LogP contribution in [-0.2, 0) is 9.59 Å². The van der Waals surface area contributed by atoms with Gasteiger partial charge in [-0.1, -0.05) is 0 Å². The lowest BCUT2D eigenvalue weighted by molar-refractivity contribution is -0.269. The lowest BCUT2D eigenvalue weighted by atomic mass is 10.2. The van der Waals surface area contributed by atoms with E-state index in [1.54, 1.807) is 0 Å². The van der Waals surface area contributed by atoms with Crippen molar-refractivity contribution in [2.75, 3.05) is 6.54 Å². The number of hydrogen-bond acceptors (Lipinski definition) is 2. The average Bonchev–Trinajstić information content (AvgIpc) is 2.09. The van der Waals surface area contributed by atoms with Crippen molar-refractivity contribution in [3.63, 3.8) is 0 Å². The van der Waals surface area contributed by atoms with Crippen molar-refractivity contribution in [3.05, 3.63) is 0 Å². The summed E-state index contributed by atoms with van der Waals surface area (Å²) in [6, 6.07) is 0. The van der Waals surface area contributed by atoms with Gasteiger partial charge in [-0.2, -0.15) is 22.0 Å². The molecule has 0 aliphatic heterocycles. The number of hydrogen-bond donors (Lipinski definition) is 2. The first-order chi connectivity index (χ1) is 7.09. The van der Waals surface area contributed by atoms with Gasteiger partial charge in [-0.15, -0.1) is 0 Å². The van der Waals surface area contributed by atoms with E-state index in [1.807, 2.05) is 0 Å². The fourth-order valence-corrected chi connectivity index (χ4v) is 0.681. The Hall–Kier alpha value is -1.41. The van der Waals surface area contributed by atoms with Crippen LogP contribution in [0.5, 0.6) is 0 Å². The molecular weight excluding hydrogens is 241 g/mol. The number of aliphatic carboxylic acids is 1. The lowest BCUT2D eigenvalue weighted by Gasteiger charge is -2.18. The first kappa shape index (κ1) is 14.6. The molecule has 0 spiro atoms. The molecule has 94 valence electrons. The zero-order valence-electron chi connectivity index (χ0n) is 7.77. The van der Waals surface area contributed by atoms with Gasteiger partial charge in [0, 0.05) is 13.0 Å². The molecule has 2 N–H and O–H groups in total. The normalized spacial score (nSPS) is 12.3. The fourth-order valence-electron chi connectivity index (χ4n) is 0.681. The van der Waals surface area contributed by atoms with Crippen molar-refractivity contribution in [2.45, 2.75) is 24.9 Å². The molecule has 1 amide bonds. The van der Waals surface area contributed by atoms with Crippen molar-refractivity contribution in [1.82, 2.24) is 5.32 Å². The molecule has 0 saturated carbocycles. The highest BCUT2D eigenvalue weighted by atomic mass is 19.4. The topological polar surface area (TPSA) is 66.4 Å². The molecular formula is C7H8F5NO3. The van der Waals surface area contributed by atoms with Crippen molar-refractivity contribution in [3.8, 4) is 0 Å². The Morgan fingerprint density at radius 1 is 1.12 bits per heavy atom. The summed E-state index contributed by atoms with van der Waals surface area (Å²) in [5.41, 5.74) is 0. The van der Waals surface area contributed by atoms with Gasteiger partial charge in [0.1, 0.15) is 0 Å². The predicted octanol–water partition coefficient (Wildman–Crippen LogP) is 1.16. The lowest BCUT2D eigenvalue weighted by Crippen LogP contribution is -2.50. The van der Waals surface area contributed by atoms with E-state index in [0.717, 1.165) is 0 Å². The van der Waals surface area contributed by atoms with Crippen LogP contribution < -0.4 is 5.32 Å². The summed E-state index contributed by atoms with van der Waals surface area (Å²) >= 11 is 0. The van der Waals surface area contributed by atoms with Crippen LogP contribution in [0.25, 0.3) is 0 Å². The minimum absolute atomic E-state index is 0.227. The maximum atomic E-state index is 12.3. The molecule has 0 aromatic carbocycles. The maximum Gasteiger partial charge on any atom is 0.463 e. The largest absolute Gasteiger partial charge is 0.481 e. The zero-order chi connectivity index (χ0) is 13.0. The fraction of sp³-hybridized carbons (Fsp3) is 0.714. The van der Waals surface area contributed by atoms with Crippen molar-refractivity contribution < 1.29 is 36.6 Å². The van der Waals surface area contributed by atoms with Crippen LogP contribution in [0, 0.1) is 0 Å². The van der Waals surface area contributed by atoms with Gasteiger partial charge in [-0.3, -0.25) is 9.59 Å². The predicted molar refractivity (Wildman–Crippen MR) is 40.9 cm³/mol. The first-order valence-electron chi connectivity index (χ1n) is 4.03. The van der Waals surface area contributed by atoms with Crippen LogP contribution in [-0.4, -0.2) is 35.6 Å². The number of amides is 1. The van der Waals surface area contributed by atoms with Crippen LogP contribution in [0.4, 0.5) is 22.0 Å². The van der Waals surface area contributed by atoms with E-state index in [0.29, 0.717) is 0 Å². The summed E-state index contributed by atoms with van der Waals surface area (Å²) in [5, 5.41) is 9.44. The van der Waals surface area contributed by atoms with E-state index in [-0.39, 0.29) is 6.42 Å². The minimum atomic E-state index is -5.95. The summed E-state index contributed by atoms with van der Waals surface area (Å²) in [6.45, 7) is -0.559. The summed E-state index contributed by atoms with van der Waals surface area (Å²) in [7, 11) is 0. The molecule has 0 bridgehead atoms. The zero-order valence-corrected chi connectivity index (χ0v) is 7.77. The molecule has 0 saturated heterocycles. The Labute approximate surface area is 86.4 Å². The minimum Gasteiger partial charge on any atom is -0.481 e. The molecule has 16 heavy (non-hydrogen) atoms. The van der Waals surface area contributed by atoms with Crippen LogP contribution in [0.15, 0.2) is 0 Å². The Morgan fingerprint density at radius 2 is 1.62 bits per heavy atom. The van der Waals surface area contributed by atoms with Gasteiger partial charge in [0.05, 0.1) is 0 Å². The average molecular weight is 249 g/mol. The molecule has 0 radical (unpaired) electrons. The van der Waals surface area contributed by atoms with E-state index in [2.05, 4.69) is 0 Å². The van der Waals surface area contributed by atoms with Crippen molar-refractivity contribution in [2.24, 2.45) is 0 Å². The quantitative estimate of drug-likeness (QED) is 0.567. The third kappa shape index (κ3) is 3.99. The Bertz CT molecular complexity index is 276. The molecule has 9 heteroatoms. The SMILES string of the molecule is O=C(O)CCCNC(=O)C(F)(F)C(F)(F)F. The van der Waals surface area contributed by atoms with E-state index < -0.39 is 36.9 Å². The maximum absolute atomic E-state index is 12.3. The van der Waals surface area contributed by atoms with Crippen LogP contribution >= 0.6 is 0 Å². The van der Waals surface area contributed by atoms with Gasteiger partial charge in [0.15, 0.2) is 0 Å². The molecule has 0 aromatic heterocycles. The molecule has 0 atom stereocenters. The molecule has 0 rings (SSSR count). The number of alkyl halides is 5. The molecule has 4 nitrogen and oxygen atoms in total. The summed E-state index contributed by atoms with van der Waals surface area (Å²) in [4.78, 5) is 20.4. The first-order valence-corrected chi connectivity index (χ1v) is 4.03. The number of carbonyl (C=O) groups is 2. The Balaban J connectivity index is 4.12. The highest BCUT2D eigenvalue weighted by Crippen LogP contribution is 2.35. The van der Waals surface area contributed by atoms with Crippen molar-refractivity contribution >= 4 is 11.9 Å². The third-order valence-corrected chi connectivity index (χ3v) is 1.49. The van der Waals surface area contributed by atoms with Gasteiger partial charge in [-0.25, -0.2) is 0 Å². The second kappa shape index (κ2) is 5.08. The molecule has 0 unspecified atom stereocenters. The second-order valence-corrected chi connectivity index (χ2v) is 2.83. The molecule has 0 aliphatic rings. The summed E-state index contributed by atoms with van der Waals surface area (Å²) < 4.78 is 59.4. The third-order valence-electron chi connectivity index (χ3n) is 1.49. The number of nitrogens with one attached hydrogen (secondary N) is 1. The van der Waals surface area contributed by atoms with E-state index in [1.165, 1.54) is 5.32 Å². The van der Waals surface area contributed by atoms with Crippen LogP contribution in [0.3, 0.4) is 0 Å². The van der Waals surface area contributed by atoms with E-state index in [9.17, 15) is 31.5 Å². The summed E-state index contributed by atoms with van der Waals surface area (Å²) in [6.07, 6.45) is -6.61. The van der Waals surface area contributed by atoms with Gasteiger partial charge in [0.2, 0.25) is 0 Å².